The fraction of sp³-hybridized carbons (Fsp3) is 0.316. The van der Waals surface area contributed by atoms with Gasteiger partial charge in [-0.25, -0.2) is 0 Å². The zero-order valence-electron chi connectivity index (χ0n) is 14.9. The van der Waals surface area contributed by atoms with Crippen molar-refractivity contribution in [2.75, 3.05) is 35.8 Å². The summed E-state index contributed by atoms with van der Waals surface area (Å²) >= 11 is 0. The Bertz CT molecular complexity index is 862. The topological polar surface area (TPSA) is 90.0 Å². The molecule has 7 nitrogen and oxygen atoms in total. The highest BCUT2D eigenvalue weighted by molar-refractivity contribution is 7.87. The van der Waals surface area contributed by atoms with Crippen LogP contribution in [0.3, 0.4) is 0 Å². The van der Waals surface area contributed by atoms with Gasteiger partial charge in [-0.2, -0.15) is 8.42 Å². The molecule has 2 aromatic carbocycles. The standard InChI is InChI=1S/C19H23N3O4S/c23-19(11-6-16-4-2-1-3-5-16)22-14-12-21(13-15-22)18-9-7-17(8-10-18)20-27(24,25)26/h1-5,7-10,20H,6,11-15H2,(H,24,25,26). The van der Waals surface area contributed by atoms with Crippen LogP contribution in [0.5, 0.6) is 0 Å². The van der Waals surface area contributed by atoms with E-state index in [4.69, 9.17) is 4.55 Å². The molecule has 1 heterocycles. The van der Waals surface area contributed by atoms with E-state index in [0.29, 0.717) is 25.2 Å². The Balaban J connectivity index is 1.49. The monoisotopic (exact) mass is 389 g/mol. The normalized spacial score (nSPS) is 14.9. The molecule has 1 fully saturated rings. The fourth-order valence-corrected chi connectivity index (χ4v) is 3.59. The van der Waals surface area contributed by atoms with Crippen molar-refractivity contribution in [2.24, 2.45) is 0 Å². The minimum Gasteiger partial charge on any atom is -0.368 e. The van der Waals surface area contributed by atoms with Crippen LogP contribution in [0.4, 0.5) is 11.4 Å². The third-order valence-corrected chi connectivity index (χ3v) is 5.08. The van der Waals surface area contributed by atoms with E-state index < -0.39 is 10.3 Å². The molecular weight excluding hydrogens is 366 g/mol. The van der Waals surface area contributed by atoms with E-state index in [1.54, 1.807) is 24.3 Å². The first-order valence-electron chi connectivity index (χ1n) is 8.83. The molecule has 1 aliphatic rings. The summed E-state index contributed by atoms with van der Waals surface area (Å²) in [5, 5.41) is 0. The summed E-state index contributed by atoms with van der Waals surface area (Å²) in [5.74, 6) is 0.172. The van der Waals surface area contributed by atoms with Crippen LogP contribution >= 0.6 is 0 Å². The van der Waals surface area contributed by atoms with Crippen LogP contribution in [0.2, 0.25) is 0 Å². The van der Waals surface area contributed by atoms with Crippen LogP contribution in [0, 0.1) is 0 Å². The highest BCUT2D eigenvalue weighted by Gasteiger charge is 2.21. The highest BCUT2D eigenvalue weighted by atomic mass is 32.2. The second kappa shape index (κ2) is 8.41. The summed E-state index contributed by atoms with van der Waals surface area (Å²) in [4.78, 5) is 16.5. The van der Waals surface area contributed by atoms with Crippen LogP contribution in [0.15, 0.2) is 54.6 Å². The minimum atomic E-state index is -4.27. The van der Waals surface area contributed by atoms with Gasteiger partial charge in [-0.05, 0) is 36.2 Å². The van der Waals surface area contributed by atoms with Gasteiger partial charge < -0.3 is 9.80 Å². The lowest BCUT2D eigenvalue weighted by molar-refractivity contribution is -0.131. The van der Waals surface area contributed by atoms with Gasteiger partial charge in [0.05, 0.1) is 5.69 Å². The molecule has 0 aliphatic carbocycles. The van der Waals surface area contributed by atoms with Crippen molar-refractivity contribution < 1.29 is 17.8 Å². The maximum Gasteiger partial charge on any atom is 0.357 e. The summed E-state index contributed by atoms with van der Waals surface area (Å²) in [5.41, 5.74) is 2.42. The largest absolute Gasteiger partial charge is 0.368 e. The maximum atomic E-state index is 12.4. The molecule has 0 unspecified atom stereocenters. The van der Waals surface area contributed by atoms with E-state index in [1.165, 1.54) is 5.56 Å². The van der Waals surface area contributed by atoms with E-state index in [0.717, 1.165) is 25.2 Å². The summed E-state index contributed by atoms with van der Waals surface area (Å²) in [6.45, 7) is 2.78. The Kier molecular flexibility index (Phi) is 5.98. The second-order valence-electron chi connectivity index (χ2n) is 6.48. The van der Waals surface area contributed by atoms with Crippen LogP contribution < -0.4 is 9.62 Å². The number of anilines is 2. The molecule has 0 radical (unpaired) electrons. The predicted octanol–water partition coefficient (Wildman–Crippen LogP) is 2.18. The predicted molar refractivity (Wildman–Crippen MR) is 105 cm³/mol. The number of aryl methyl sites for hydroxylation is 1. The van der Waals surface area contributed by atoms with Crippen molar-refractivity contribution >= 4 is 27.6 Å². The molecule has 0 aromatic heterocycles. The number of carbonyl (C=O) groups excluding carboxylic acids is 1. The number of piperazine rings is 1. The van der Waals surface area contributed by atoms with Crippen LogP contribution in [-0.2, 0) is 21.5 Å². The molecular formula is C19H23N3O4S. The molecule has 8 heteroatoms. The zero-order valence-corrected chi connectivity index (χ0v) is 15.7. The second-order valence-corrected chi connectivity index (χ2v) is 7.63. The number of benzene rings is 2. The van der Waals surface area contributed by atoms with Gasteiger partial charge >= 0.3 is 10.3 Å². The lowest BCUT2D eigenvalue weighted by atomic mass is 10.1. The van der Waals surface area contributed by atoms with E-state index in [9.17, 15) is 13.2 Å². The van der Waals surface area contributed by atoms with E-state index in [2.05, 4.69) is 4.90 Å². The van der Waals surface area contributed by atoms with Crippen molar-refractivity contribution in [3.05, 3.63) is 60.2 Å². The molecule has 27 heavy (non-hydrogen) atoms. The number of nitrogens with one attached hydrogen (secondary N) is 1. The molecule has 144 valence electrons. The lowest BCUT2D eigenvalue weighted by Gasteiger charge is -2.36. The van der Waals surface area contributed by atoms with Crippen LogP contribution in [0.25, 0.3) is 0 Å². The van der Waals surface area contributed by atoms with E-state index in [-0.39, 0.29) is 5.91 Å². The van der Waals surface area contributed by atoms with Gasteiger partial charge in [-0.15, -0.1) is 0 Å². The molecule has 1 amide bonds. The third-order valence-electron chi connectivity index (χ3n) is 4.58. The molecule has 2 aromatic rings. The van der Waals surface area contributed by atoms with Gasteiger partial charge in [0.1, 0.15) is 0 Å². The highest BCUT2D eigenvalue weighted by Crippen LogP contribution is 2.20. The van der Waals surface area contributed by atoms with Crippen LogP contribution in [0.1, 0.15) is 12.0 Å². The summed E-state index contributed by atoms with van der Waals surface area (Å²) in [6.07, 6.45) is 1.27. The first-order valence-corrected chi connectivity index (χ1v) is 10.3. The van der Waals surface area contributed by atoms with Gasteiger partial charge in [0, 0.05) is 38.3 Å². The number of amides is 1. The third kappa shape index (κ3) is 5.70. The zero-order chi connectivity index (χ0) is 19.3. The number of carbonyl (C=O) groups is 1. The molecule has 3 rings (SSSR count). The summed E-state index contributed by atoms with van der Waals surface area (Å²) in [7, 11) is -4.27. The molecule has 0 atom stereocenters. The summed E-state index contributed by atoms with van der Waals surface area (Å²) < 4.78 is 32.5. The number of hydrogen-bond donors (Lipinski definition) is 2. The molecule has 0 spiro atoms. The average Bonchev–Trinajstić information content (AvgIpc) is 2.66. The molecule has 2 N–H and O–H groups in total. The van der Waals surface area contributed by atoms with E-state index in [1.807, 2.05) is 40.0 Å². The molecule has 1 aliphatic heterocycles. The maximum absolute atomic E-state index is 12.4. The lowest BCUT2D eigenvalue weighted by Crippen LogP contribution is -2.48. The SMILES string of the molecule is O=C(CCc1ccccc1)N1CCN(c2ccc(NS(=O)(=O)O)cc2)CC1. The Hall–Kier alpha value is -2.58. The first-order chi connectivity index (χ1) is 12.9. The Labute approximate surface area is 159 Å². The van der Waals surface area contributed by atoms with Gasteiger partial charge in [0.15, 0.2) is 0 Å². The average molecular weight is 389 g/mol. The van der Waals surface area contributed by atoms with Gasteiger partial charge in [0.25, 0.3) is 0 Å². The number of nitrogens with zero attached hydrogens (tertiary/aromatic N) is 2. The first kappa shape index (κ1) is 19.2. The molecule has 0 saturated carbocycles. The Morgan fingerprint density at radius 2 is 1.59 bits per heavy atom. The van der Waals surface area contributed by atoms with Gasteiger partial charge in [0.2, 0.25) is 5.91 Å². The number of rotatable bonds is 6. The fourth-order valence-electron chi connectivity index (χ4n) is 3.16. The van der Waals surface area contributed by atoms with Crippen LogP contribution in [-0.4, -0.2) is 50.0 Å². The van der Waals surface area contributed by atoms with Crippen molar-refractivity contribution in [1.29, 1.82) is 0 Å². The quantitative estimate of drug-likeness (QED) is 0.739. The molecule has 1 saturated heterocycles. The van der Waals surface area contributed by atoms with Crippen molar-refractivity contribution in [1.82, 2.24) is 4.90 Å². The van der Waals surface area contributed by atoms with Gasteiger partial charge in [-0.3, -0.25) is 14.1 Å². The Morgan fingerprint density at radius 3 is 2.19 bits per heavy atom. The van der Waals surface area contributed by atoms with Gasteiger partial charge in [-0.1, -0.05) is 30.3 Å². The van der Waals surface area contributed by atoms with Crippen molar-refractivity contribution in [2.45, 2.75) is 12.8 Å². The van der Waals surface area contributed by atoms with E-state index >= 15 is 0 Å². The molecule has 0 bridgehead atoms. The number of hydrogen-bond acceptors (Lipinski definition) is 4. The smallest absolute Gasteiger partial charge is 0.357 e. The summed E-state index contributed by atoms with van der Waals surface area (Å²) in [6, 6.07) is 16.8. The van der Waals surface area contributed by atoms with Crippen molar-refractivity contribution in [3.8, 4) is 0 Å². The van der Waals surface area contributed by atoms with Crippen molar-refractivity contribution in [3.63, 3.8) is 0 Å². The Morgan fingerprint density at radius 1 is 0.963 bits per heavy atom. The minimum absolute atomic E-state index is 0.172.